The van der Waals surface area contributed by atoms with Gasteiger partial charge in [-0.3, -0.25) is 14.6 Å². The number of hydrogen-bond acceptors (Lipinski definition) is 9. The third kappa shape index (κ3) is 12.5. The number of sulfonamides is 1. The number of rotatable bonds is 20. The van der Waals surface area contributed by atoms with Crippen LogP contribution in [0.2, 0.25) is 0 Å². The number of fused-ring (bicyclic) bond motifs is 1. The third-order valence-electron chi connectivity index (χ3n) is 12.9. The van der Waals surface area contributed by atoms with Gasteiger partial charge < -0.3 is 35.6 Å². The van der Waals surface area contributed by atoms with Gasteiger partial charge in [0.05, 0.1) is 10.3 Å². The Hall–Kier alpha value is -6.19. The lowest BCUT2D eigenvalue weighted by molar-refractivity contribution is -0.124. The number of amides is 3. The second-order valence-electron chi connectivity index (χ2n) is 18.6. The van der Waals surface area contributed by atoms with E-state index in [0.29, 0.717) is 41.7 Å². The van der Waals surface area contributed by atoms with Gasteiger partial charge in [-0.1, -0.05) is 85.8 Å². The predicted molar refractivity (Wildman–Crippen MR) is 269 cm³/mol. The molecular formula is C53H71N7O7S. The summed E-state index contributed by atoms with van der Waals surface area (Å²) in [4.78, 5) is 49.7. The Morgan fingerprint density at radius 1 is 0.897 bits per heavy atom. The topological polar surface area (TPSA) is 185 Å². The lowest BCUT2D eigenvalue weighted by Crippen LogP contribution is -2.52. The molecule has 68 heavy (non-hydrogen) atoms. The van der Waals surface area contributed by atoms with Crippen LogP contribution in [-0.2, 0) is 31.4 Å². The standard InChI is InChI=1S/C53H71N7O7S/c1-12-42(34-60(11)51(63)66-45(13-2)53(32-35(3)59(9)10,40-26-19-15-20-27-40)41-28-21-16-22-29-41)56-49(62)44(57-48(61)39-24-17-14-18-25-39)30-23-31-55-50(54)58-68(64,65)47-37(5)36(4)46-43(38(47)6)33-52(7,8)67-46/h13-22,24-29,35,42,44H,12,23,30-34H2,1-11H3,(H,56,62)(H,57,61)(H3,54,55,58)/t35?,42?,44-/m0/s1. The quantitative estimate of drug-likeness (QED) is 0.0299. The van der Waals surface area contributed by atoms with Gasteiger partial charge in [0.25, 0.3) is 15.9 Å². The van der Waals surface area contributed by atoms with Crippen LogP contribution in [0.1, 0.15) is 104 Å². The van der Waals surface area contributed by atoms with E-state index in [1.165, 1.54) is 4.90 Å². The highest BCUT2D eigenvalue weighted by atomic mass is 32.2. The van der Waals surface area contributed by atoms with Gasteiger partial charge in [-0.15, -0.1) is 0 Å². The fourth-order valence-corrected chi connectivity index (χ4v) is 10.4. The van der Waals surface area contributed by atoms with Gasteiger partial charge in [0.15, 0.2) is 0 Å². The summed E-state index contributed by atoms with van der Waals surface area (Å²) in [6.45, 7) is 15.4. The van der Waals surface area contributed by atoms with Crippen molar-refractivity contribution in [2.24, 2.45) is 10.7 Å². The molecule has 0 radical (unpaired) electrons. The first-order valence-electron chi connectivity index (χ1n) is 23.3. The number of carbonyl (C=O) groups is 3. The minimum atomic E-state index is -4.12. The van der Waals surface area contributed by atoms with Gasteiger partial charge in [0.2, 0.25) is 11.9 Å². The van der Waals surface area contributed by atoms with Crippen molar-refractivity contribution in [1.82, 2.24) is 25.2 Å². The van der Waals surface area contributed by atoms with E-state index >= 15 is 0 Å². The predicted octanol–water partition coefficient (Wildman–Crippen LogP) is 7.69. The molecule has 3 atom stereocenters. The molecule has 1 aliphatic rings. The molecule has 0 saturated heterocycles. The van der Waals surface area contributed by atoms with Crippen LogP contribution in [0.5, 0.6) is 5.75 Å². The van der Waals surface area contributed by atoms with E-state index < -0.39 is 51.0 Å². The maximum atomic E-state index is 14.1. The summed E-state index contributed by atoms with van der Waals surface area (Å²) in [6.07, 6.45) is 3.33. The molecule has 0 aromatic heterocycles. The molecule has 1 aliphatic heterocycles. The SMILES string of the molecule is CC=C(OC(=O)N(C)CC(CC)NC(=O)[C@H](CCCN=C(N)NS(=O)(=O)c1c(C)c(C)c2c(c1C)CC(C)(C)O2)NC(=O)c1ccccc1)C(CC(C)N(C)C)(c1ccccc1)c1ccccc1. The number of likely N-dealkylation sites (N-methyl/N-ethyl adjacent to an activating group) is 1. The Morgan fingerprint density at radius 2 is 1.47 bits per heavy atom. The number of allylic oxidation sites excluding steroid dienone is 2. The minimum Gasteiger partial charge on any atom is -0.487 e. The van der Waals surface area contributed by atoms with Crippen LogP contribution < -0.4 is 25.8 Å². The molecule has 0 saturated carbocycles. The Bertz CT molecular complexity index is 2530. The Morgan fingerprint density at radius 3 is 2.01 bits per heavy atom. The molecule has 0 bridgehead atoms. The van der Waals surface area contributed by atoms with Crippen molar-refractivity contribution >= 4 is 33.9 Å². The zero-order valence-corrected chi connectivity index (χ0v) is 42.4. The smallest absolute Gasteiger partial charge is 0.414 e. The molecule has 14 nitrogen and oxygen atoms in total. The summed E-state index contributed by atoms with van der Waals surface area (Å²) >= 11 is 0. The number of hydrogen-bond donors (Lipinski definition) is 4. The van der Waals surface area contributed by atoms with Crippen LogP contribution in [-0.4, -0.2) is 100 Å². The lowest BCUT2D eigenvalue weighted by Gasteiger charge is -2.40. The van der Waals surface area contributed by atoms with Crippen LogP contribution in [0.15, 0.2) is 113 Å². The van der Waals surface area contributed by atoms with E-state index in [0.717, 1.165) is 28.0 Å². The molecule has 0 aliphatic carbocycles. The second kappa shape index (κ2) is 22.7. The van der Waals surface area contributed by atoms with Crippen LogP contribution in [0.3, 0.4) is 0 Å². The van der Waals surface area contributed by atoms with E-state index in [1.54, 1.807) is 51.2 Å². The minimum absolute atomic E-state index is 0.0579. The molecular weight excluding hydrogens is 879 g/mol. The molecule has 2 unspecified atom stereocenters. The molecule has 366 valence electrons. The van der Waals surface area contributed by atoms with Crippen molar-refractivity contribution in [3.05, 3.63) is 142 Å². The molecule has 5 rings (SSSR count). The molecule has 15 heteroatoms. The molecule has 4 aromatic carbocycles. The van der Waals surface area contributed by atoms with Gasteiger partial charge in [-0.05, 0) is 134 Å². The average molecular weight is 950 g/mol. The molecule has 5 N–H and O–H groups in total. The fourth-order valence-electron chi connectivity index (χ4n) is 8.87. The molecule has 3 amide bonds. The van der Waals surface area contributed by atoms with Gasteiger partial charge in [0, 0.05) is 49.8 Å². The maximum absolute atomic E-state index is 14.1. The van der Waals surface area contributed by atoms with Gasteiger partial charge in [0.1, 0.15) is 23.2 Å². The number of guanidine groups is 1. The molecule has 1 heterocycles. The zero-order valence-electron chi connectivity index (χ0n) is 41.6. The monoisotopic (exact) mass is 950 g/mol. The van der Waals surface area contributed by atoms with E-state index in [9.17, 15) is 22.8 Å². The summed E-state index contributed by atoms with van der Waals surface area (Å²) in [5.41, 5.74) is 10.0. The number of nitrogens with one attached hydrogen (secondary N) is 3. The highest BCUT2D eigenvalue weighted by Crippen LogP contribution is 2.45. The summed E-state index contributed by atoms with van der Waals surface area (Å²) < 4.78 is 42.5. The fraction of sp³-hybridized carbons (Fsp3) is 0.434. The van der Waals surface area contributed by atoms with Crippen molar-refractivity contribution < 1.29 is 32.3 Å². The van der Waals surface area contributed by atoms with E-state index in [2.05, 4.69) is 56.4 Å². The number of aliphatic imine (C=N–C) groups is 1. The Balaban J connectivity index is 1.29. The lowest BCUT2D eigenvalue weighted by atomic mass is 9.68. The Kier molecular flexibility index (Phi) is 17.6. The van der Waals surface area contributed by atoms with Crippen LogP contribution in [0, 0.1) is 20.8 Å². The number of benzene rings is 4. The van der Waals surface area contributed by atoms with Crippen LogP contribution in [0.25, 0.3) is 0 Å². The number of nitrogens with zero attached hydrogens (tertiary/aromatic N) is 3. The Labute approximate surface area is 403 Å². The normalized spacial score (nSPS) is 15.1. The van der Waals surface area contributed by atoms with Crippen molar-refractivity contribution in [2.75, 3.05) is 34.2 Å². The first kappa shape index (κ1) is 52.8. The van der Waals surface area contributed by atoms with Crippen LogP contribution in [0.4, 0.5) is 4.79 Å². The molecule has 4 aromatic rings. The second-order valence-corrected chi connectivity index (χ2v) is 20.2. The highest BCUT2D eigenvalue weighted by molar-refractivity contribution is 7.90. The summed E-state index contributed by atoms with van der Waals surface area (Å²) in [6, 6.07) is 27.3. The highest BCUT2D eigenvalue weighted by Gasteiger charge is 2.43. The van der Waals surface area contributed by atoms with Crippen molar-refractivity contribution in [2.45, 2.75) is 122 Å². The summed E-state index contributed by atoms with van der Waals surface area (Å²) in [5, 5.41) is 5.92. The van der Waals surface area contributed by atoms with Crippen molar-refractivity contribution in [1.29, 1.82) is 0 Å². The molecule has 0 spiro atoms. The number of carbonyl (C=O) groups excluding carboxylic acids is 3. The number of ether oxygens (including phenoxy) is 2. The average Bonchev–Trinajstić information content (AvgIpc) is 3.65. The summed E-state index contributed by atoms with van der Waals surface area (Å²) in [7, 11) is 1.57. The first-order chi connectivity index (χ1) is 32.1. The first-order valence-corrected chi connectivity index (χ1v) is 24.8. The van der Waals surface area contributed by atoms with Crippen LogP contribution >= 0.6 is 0 Å². The zero-order chi connectivity index (χ0) is 50.0. The van der Waals surface area contributed by atoms with Gasteiger partial charge in [-0.25, -0.2) is 17.9 Å². The van der Waals surface area contributed by atoms with Gasteiger partial charge in [-0.2, -0.15) is 0 Å². The molecule has 0 fully saturated rings. The maximum Gasteiger partial charge on any atom is 0.414 e. The van der Waals surface area contributed by atoms with E-state index in [-0.39, 0.29) is 42.8 Å². The number of nitrogens with two attached hydrogens (primary N) is 1. The largest absolute Gasteiger partial charge is 0.487 e. The van der Waals surface area contributed by atoms with Crippen molar-refractivity contribution in [3.8, 4) is 5.75 Å². The van der Waals surface area contributed by atoms with Gasteiger partial charge >= 0.3 is 6.09 Å². The van der Waals surface area contributed by atoms with Crippen molar-refractivity contribution in [3.63, 3.8) is 0 Å². The van der Waals surface area contributed by atoms with E-state index in [4.69, 9.17) is 15.2 Å². The third-order valence-corrected chi connectivity index (χ3v) is 14.6. The van der Waals surface area contributed by atoms with E-state index in [1.807, 2.05) is 91.2 Å². The summed E-state index contributed by atoms with van der Waals surface area (Å²) in [5.74, 6) is 0.00995.